The summed E-state index contributed by atoms with van der Waals surface area (Å²) in [6.07, 6.45) is 2.48. The molecule has 2 saturated heterocycles. The van der Waals surface area contributed by atoms with Crippen LogP contribution in [0.25, 0.3) is 0 Å². The molecule has 2 bridgehead atoms. The molecule has 0 radical (unpaired) electrons. The van der Waals surface area contributed by atoms with Gasteiger partial charge in [0.1, 0.15) is 5.60 Å². The lowest BCUT2D eigenvalue weighted by atomic mass is 9.53. The number of Topliss-reactive ketones (excluding diaryl/α,β-unsaturated/α-hetero) is 1. The van der Waals surface area contributed by atoms with E-state index in [9.17, 15) is 10.1 Å². The number of rotatable bonds is 5. The fraction of sp³-hybridized carbons (Fsp3) is 0.931. The van der Waals surface area contributed by atoms with Gasteiger partial charge in [-0.05, 0) is 60.9 Å². The Hall–Kier alpha value is -0.526. The Morgan fingerprint density at radius 2 is 1.56 bits per heavy atom. The Bertz CT molecular complexity index is 910. The van der Waals surface area contributed by atoms with Gasteiger partial charge >= 0.3 is 0 Å². The van der Waals surface area contributed by atoms with Crippen molar-refractivity contribution < 1.29 is 18.4 Å². The van der Waals surface area contributed by atoms with Crippen molar-refractivity contribution in [1.82, 2.24) is 0 Å². The molecular weight excluding hydrogens is 482 g/mol. The van der Waals surface area contributed by atoms with Crippen LogP contribution in [0.4, 0.5) is 0 Å². The molecule has 0 N–H and O–H groups in total. The lowest BCUT2D eigenvalue weighted by Gasteiger charge is -2.56. The first kappa shape index (κ1) is 30.0. The van der Waals surface area contributed by atoms with Gasteiger partial charge in [0.2, 0.25) is 0 Å². The van der Waals surface area contributed by atoms with E-state index in [1.807, 2.05) is 0 Å². The Labute approximate surface area is 223 Å². The lowest BCUT2D eigenvalue weighted by Crippen LogP contribution is -2.66. The average molecular weight is 536 g/mol. The summed E-state index contributed by atoms with van der Waals surface area (Å²) in [6.45, 7) is 29.6. The van der Waals surface area contributed by atoms with Crippen LogP contribution < -0.4 is 0 Å². The molecule has 1 saturated carbocycles. The normalized spacial score (nSPS) is 37.3. The van der Waals surface area contributed by atoms with Crippen molar-refractivity contribution in [3.05, 3.63) is 0 Å². The highest BCUT2D eigenvalue weighted by Crippen LogP contribution is 2.64. The summed E-state index contributed by atoms with van der Waals surface area (Å²) < 4.78 is 20.8. The third-order valence-electron chi connectivity index (χ3n) is 11.0. The Morgan fingerprint density at radius 3 is 2.06 bits per heavy atom. The van der Waals surface area contributed by atoms with Gasteiger partial charge in [0.25, 0.3) is 0 Å². The van der Waals surface area contributed by atoms with E-state index in [0.717, 1.165) is 12.8 Å². The summed E-state index contributed by atoms with van der Waals surface area (Å²) in [5.41, 5.74) is -1.86. The molecule has 2 heterocycles. The van der Waals surface area contributed by atoms with Crippen molar-refractivity contribution in [2.24, 2.45) is 22.7 Å². The molecule has 0 aromatic rings. The zero-order valence-electron chi connectivity index (χ0n) is 25.4. The molecule has 0 amide bonds. The van der Waals surface area contributed by atoms with E-state index in [2.05, 4.69) is 94.6 Å². The van der Waals surface area contributed by atoms with Crippen LogP contribution in [0.3, 0.4) is 0 Å². The largest absolute Gasteiger partial charge is 0.416 e. The predicted octanol–water partition coefficient (Wildman–Crippen LogP) is 7.48. The summed E-state index contributed by atoms with van der Waals surface area (Å²) in [7, 11) is -4.10. The second kappa shape index (κ2) is 9.01. The van der Waals surface area contributed by atoms with E-state index >= 15 is 0 Å². The van der Waals surface area contributed by atoms with Crippen molar-refractivity contribution in [1.29, 1.82) is 5.26 Å². The number of carbonyl (C=O) groups is 1. The fourth-order valence-corrected chi connectivity index (χ4v) is 8.95. The minimum Gasteiger partial charge on any atom is -0.416 e. The molecular formula is C29H53NO4Si2. The molecule has 3 fully saturated rings. The Morgan fingerprint density at radius 1 is 1.00 bits per heavy atom. The predicted molar refractivity (Wildman–Crippen MR) is 151 cm³/mol. The van der Waals surface area contributed by atoms with E-state index in [-0.39, 0.29) is 39.9 Å². The van der Waals surface area contributed by atoms with Gasteiger partial charge in [0.15, 0.2) is 22.4 Å². The lowest BCUT2D eigenvalue weighted by molar-refractivity contribution is -0.190. The van der Waals surface area contributed by atoms with Gasteiger partial charge in [-0.1, -0.05) is 62.3 Å². The zero-order chi connectivity index (χ0) is 27.8. The first-order valence-corrected chi connectivity index (χ1v) is 19.8. The van der Waals surface area contributed by atoms with E-state index in [1.54, 1.807) is 0 Å². The maximum absolute atomic E-state index is 14.4. The molecule has 1 spiro atoms. The molecule has 36 heavy (non-hydrogen) atoms. The number of hydrogen-bond donors (Lipinski definition) is 0. The smallest absolute Gasteiger partial charge is 0.192 e. The number of ketones is 1. The third-order valence-corrected chi connectivity index (χ3v) is 19.9. The molecule has 0 aromatic carbocycles. The third kappa shape index (κ3) is 4.61. The van der Waals surface area contributed by atoms with Crippen LogP contribution in [0.2, 0.25) is 36.3 Å². The van der Waals surface area contributed by atoms with Gasteiger partial charge < -0.3 is 13.6 Å². The minimum atomic E-state index is -2.09. The number of fused-ring (bicyclic) bond motifs is 1. The van der Waals surface area contributed by atoms with Crippen LogP contribution in [-0.4, -0.2) is 46.8 Å². The average Bonchev–Trinajstić information content (AvgIpc) is 2.96. The maximum Gasteiger partial charge on any atom is 0.192 e. The number of nitrogens with zero attached hydrogens (tertiary/aromatic N) is 1. The molecule has 0 unspecified atom stereocenters. The van der Waals surface area contributed by atoms with Gasteiger partial charge in [-0.15, -0.1) is 0 Å². The minimum absolute atomic E-state index is 0.0263. The summed E-state index contributed by atoms with van der Waals surface area (Å²) in [6, 6.07) is 2.55. The summed E-state index contributed by atoms with van der Waals surface area (Å²) >= 11 is 0. The highest BCUT2D eigenvalue weighted by Gasteiger charge is 2.73. The number of carbonyl (C=O) groups excluding carboxylic acids is 1. The topological polar surface area (TPSA) is 68.6 Å². The zero-order valence-corrected chi connectivity index (χ0v) is 27.4. The second-order valence-corrected chi connectivity index (χ2v) is 25.5. The Kier molecular flexibility index (Phi) is 7.51. The molecule has 1 aliphatic carbocycles. The highest BCUT2D eigenvalue weighted by molar-refractivity contribution is 6.74. The summed E-state index contributed by atoms with van der Waals surface area (Å²) in [5, 5.41) is 10.4. The molecule has 2 aliphatic heterocycles. The van der Waals surface area contributed by atoms with Crippen LogP contribution in [-0.2, 0) is 18.4 Å². The molecule has 3 rings (SSSR count). The van der Waals surface area contributed by atoms with Gasteiger partial charge in [0, 0.05) is 24.4 Å². The molecule has 3 aliphatic rings. The number of ether oxygens (including phenoxy) is 1. The maximum atomic E-state index is 14.4. The van der Waals surface area contributed by atoms with Crippen molar-refractivity contribution in [3.63, 3.8) is 0 Å². The van der Waals surface area contributed by atoms with Gasteiger partial charge in [-0.3, -0.25) is 4.79 Å². The quantitative estimate of drug-likeness (QED) is 0.341. The van der Waals surface area contributed by atoms with Crippen molar-refractivity contribution >= 4 is 22.4 Å². The molecule has 206 valence electrons. The number of hydrogen-bond acceptors (Lipinski definition) is 5. The molecule has 5 nitrogen and oxygen atoms in total. The van der Waals surface area contributed by atoms with E-state index in [4.69, 9.17) is 13.6 Å². The fourth-order valence-electron chi connectivity index (χ4n) is 6.45. The van der Waals surface area contributed by atoms with E-state index < -0.39 is 33.1 Å². The second-order valence-electron chi connectivity index (χ2n) is 15.9. The summed E-state index contributed by atoms with van der Waals surface area (Å²) in [4.78, 5) is 14.4. The van der Waals surface area contributed by atoms with Crippen LogP contribution in [0, 0.1) is 34.0 Å². The SMILES string of the molecule is CC1(C)CC(=O)[C@@]23O[C@H](C[C@]2(C)[C@@H](O[Si](C)(C)C(C)(C)C)CC[C@@H]3CO[Si](C)(C)C(C)(C)C)[C@H]1C#N. The van der Waals surface area contributed by atoms with Crippen molar-refractivity contribution in [3.8, 4) is 6.07 Å². The van der Waals surface area contributed by atoms with Crippen LogP contribution in [0.1, 0.15) is 88.0 Å². The van der Waals surface area contributed by atoms with Gasteiger partial charge in [-0.25, -0.2) is 0 Å². The van der Waals surface area contributed by atoms with Crippen LogP contribution in [0.15, 0.2) is 0 Å². The van der Waals surface area contributed by atoms with E-state index in [1.165, 1.54) is 0 Å². The summed E-state index contributed by atoms with van der Waals surface area (Å²) in [5.74, 6) is -0.192. The first-order valence-electron chi connectivity index (χ1n) is 14.0. The van der Waals surface area contributed by atoms with Gasteiger partial charge in [-0.2, -0.15) is 5.26 Å². The number of nitriles is 1. The standard InChI is InChI=1S/C29H53NO4Si2/c1-25(2,3)35(10,11)32-19-20-14-15-24(34-36(12,13)26(4,5)6)28(9)16-22-21(18-30)27(7,8)17-23(31)29(20,28)33-22/h20-22,24H,14-17,19H2,1-13H3/t20-,21-,22-,24+,28-,29-/m1/s1. The van der Waals surface area contributed by atoms with Crippen LogP contribution >= 0.6 is 0 Å². The molecule has 7 heteroatoms. The van der Waals surface area contributed by atoms with Crippen molar-refractivity contribution in [2.45, 2.75) is 142 Å². The van der Waals surface area contributed by atoms with Gasteiger partial charge in [0.05, 0.1) is 24.2 Å². The first-order chi connectivity index (χ1) is 16.1. The van der Waals surface area contributed by atoms with E-state index in [0.29, 0.717) is 19.4 Å². The van der Waals surface area contributed by atoms with Crippen molar-refractivity contribution in [2.75, 3.05) is 6.61 Å². The highest BCUT2D eigenvalue weighted by atomic mass is 28.4. The Balaban J connectivity index is 2.09. The monoisotopic (exact) mass is 535 g/mol. The van der Waals surface area contributed by atoms with Crippen LogP contribution in [0.5, 0.6) is 0 Å². The molecule has 6 atom stereocenters. The molecule has 0 aromatic heterocycles.